The molecule has 1 aromatic carbocycles. The molecule has 1 aliphatic carbocycles. The highest BCUT2D eigenvalue weighted by molar-refractivity contribution is 5.68. The van der Waals surface area contributed by atoms with Gasteiger partial charge in [0.1, 0.15) is 12.9 Å². The molecule has 4 aromatic rings. The molecule has 3 atom stereocenters. The van der Waals surface area contributed by atoms with Crippen molar-refractivity contribution in [3.63, 3.8) is 0 Å². The van der Waals surface area contributed by atoms with Crippen LogP contribution < -0.4 is 10.5 Å². The van der Waals surface area contributed by atoms with Crippen molar-refractivity contribution in [2.75, 3.05) is 18.0 Å². The van der Waals surface area contributed by atoms with Crippen LogP contribution in [0.4, 0.5) is 5.69 Å². The van der Waals surface area contributed by atoms with Gasteiger partial charge in [-0.3, -0.25) is 9.36 Å². The van der Waals surface area contributed by atoms with Crippen molar-refractivity contribution in [2.45, 2.75) is 25.8 Å². The number of fused-ring (bicyclic) bond motifs is 2. The molecular weight excluding hydrogens is 394 g/mol. The Morgan fingerprint density at radius 2 is 1.97 bits per heavy atom. The largest absolute Gasteiger partial charge is 0.371 e. The van der Waals surface area contributed by atoms with E-state index in [0.29, 0.717) is 34.8 Å². The zero-order valence-electron chi connectivity index (χ0n) is 17.5. The predicted octanol–water partition coefficient (Wildman–Crippen LogP) is 1.97. The molecule has 9 heteroatoms. The molecule has 6 rings (SSSR count). The van der Waals surface area contributed by atoms with Gasteiger partial charge in [0.15, 0.2) is 17.0 Å². The first-order valence-electron chi connectivity index (χ1n) is 10.6. The van der Waals surface area contributed by atoms with Crippen LogP contribution >= 0.6 is 0 Å². The molecule has 0 spiro atoms. The lowest BCUT2D eigenvalue weighted by Gasteiger charge is -2.22. The minimum atomic E-state index is -0.169. The molecule has 1 saturated carbocycles. The van der Waals surface area contributed by atoms with E-state index in [1.807, 2.05) is 0 Å². The molecule has 158 valence electrons. The van der Waals surface area contributed by atoms with Gasteiger partial charge in [0, 0.05) is 31.7 Å². The summed E-state index contributed by atoms with van der Waals surface area (Å²) in [5, 5.41) is 4.22. The summed E-state index contributed by atoms with van der Waals surface area (Å²) in [4.78, 5) is 28.1. The first kappa shape index (κ1) is 18.3. The highest BCUT2D eigenvalue weighted by Crippen LogP contribution is 2.57. The Balaban J connectivity index is 1.16. The van der Waals surface area contributed by atoms with E-state index < -0.39 is 0 Å². The molecule has 0 amide bonds. The van der Waals surface area contributed by atoms with Crippen molar-refractivity contribution in [1.82, 2.24) is 29.2 Å². The Labute approximate surface area is 178 Å². The van der Waals surface area contributed by atoms with Gasteiger partial charge in [0.2, 0.25) is 5.89 Å². The molecule has 2 aliphatic rings. The van der Waals surface area contributed by atoms with E-state index in [2.05, 4.69) is 56.2 Å². The second kappa shape index (κ2) is 6.76. The van der Waals surface area contributed by atoms with Crippen LogP contribution in [0.2, 0.25) is 0 Å². The number of hydrogen-bond donors (Lipinski definition) is 0. The van der Waals surface area contributed by atoms with Gasteiger partial charge < -0.3 is 14.0 Å². The van der Waals surface area contributed by atoms with Crippen molar-refractivity contribution >= 4 is 16.9 Å². The Kier molecular flexibility index (Phi) is 3.99. The van der Waals surface area contributed by atoms with Crippen LogP contribution in [0.5, 0.6) is 0 Å². The number of rotatable bonds is 5. The molecule has 1 unspecified atom stereocenters. The first-order valence-corrected chi connectivity index (χ1v) is 10.6. The van der Waals surface area contributed by atoms with E-state index in [1.165, 1.54) is 22.1 Å². The van der Waals surface area contributed by atoms with E-state index in [9.17, 15) is 4.79 Å². The summed E-state index contributed by atoms with van der Waals surface area (Å²) >= 11 is 0. The van der Waals surface area contributed by atoms with E-state index in [4.69, 9.17) is 4.52 Å². The summed E-state index contributed by atoms with van der Waals surface area (Å²) in [5.74, 6) is 2.65. The van der Waals surface area contributed by atoms with Crippen LogP contribution in [0, 0.1) is 11.8 Å². The average molecular weight is 417 g/mol. The van der Waals surface area contributed by atoms with Crippen molar-refractivity contribution in [3.8, 4) is 0 Å². The number of hydrogen-bond acceptors (Lipinski definition) is 7. The maximum absolute atomic E-state index is 12.7. The lowest BCUT2D eigenvalue weighted by molar-refractivity contribution is 0.363. The molecule has 1 saturated heterocycles. The van der Waals surface area contributed by atoms with Crippen LogP contribution in [0.25, 0.3) is 11.2 Å². The van der Waals surface area contributed by atoms with E-state index >= 15 is 0 Å². The number of piperidine rings is 1. The monoisotopic (exact) mass is 417 g/mol. The number of aromatic nitrogens is 6. The number of anilines is 1. The van der Waals surface area contributed by atoms with Gasteiger partial charge in [-0.1, -0.05) is 24.2 Å². The molecule has 31 heavy (non-hydrogen) atoms. The van der Waals surface area contributed by atoms with E-state index in [0.717, 1.165) is 25.3 Å². The third kappa shape index (κ3) is 2.95. The number of aryl methyl sites for hydroxylation is 2. The van der Waals surface area contributed by atoms with Crippen LogP contribution in [0.1, 0.15) is 30.1 Å². The van der Waals surface area contributed by atoms with Crippen molar-refractivity contribution < 1.29 is 4.52 Å². The van der Waals surface area contributed by atoms with Gasteiger partial charge in [-0.05, 0) is 36.0 Å². The molecule has 9 nitrogen and oxygen atoms in total. The quantitative estimate of drug-likeness (QED) is 0.490. The van der Waals surface area contributed by atoms with Gasteiger partial charge in [0.25, 0.3) is 5.56 Å². The lowest BCUT2D eigenvalue weighted by atomic mass is 10.1. The smallest absolute Gasteiger partial charge is 0.280 e. The highest BCUT2D eigenvalue weighted by Gasteiger charge is 2.58. The fourth-order valence-corrected chi connectivity index (χ4v) is 4.89. The molecule has 0 N–H and O–H groups in total. The van der Waals surface area contributed by atoms with Gasteiger partial charge in [0.05, 0.1) is 6.33 Å². The zero-order valence-corrected chi connectivity index (χ0v) is 17.5. The first-order chi connectivity index (χ1) is 15.1. The van der Waals surface area contributed by atoms with Crippen LogP contribution in [-0.2, 0) is 20.0 Å². The topological polar surface area (TPSA) is 94.9 Å². The van der Waals surface area contributed by atoms with Crippen LogP contribution in [0.3, 0.4) is 0 Å². The number of nitrogens with zero attached hydrogens (tertiary/aromatic N) is 7. The summed E-state index contributed by atoms with van der Waals surface area (Å²) in [6.07, 6.45) is 4.12. The van der Waals surface area contributed by atoms with Gasteiger partial charge in [-0.25, -0.2) is 9.97 Å². The Morgan fingerprint density at radius 1 is 1.16 bits per heavy atom. The normalized spacial score (nSPS) is 22.3. The molecule has 2 fully saturated rings. The second-order valence-corrected chi connectivity index (χ2v) is 8.53. The summed E-state index contributed by atoms with van der Waals surface area (Å²) in [6.45, 7) is 4.43. The number of benzene rings is 1. The zero-order chi connectivity index (χ0) is 21.1. The fraction of sp³-hybridized carbons (Fsp3) is 0.409. The maximum Gasteiger partial charge on any atom is 0.280 e. The van der Waals surface area contributed by atoms with Gasteiger partial charge in [-0.15, -0.1) is 0 Å². The summed E-state index contributed by atoms with van der Waals surface area (Å²) in [7, 11) is 1.78. The standard InChI is InChI=1S/C22H23N7O2/c1-3-13-5-4-6-14(7-13)28-8-15-16(9-28)18(15)20-25-17(31-26-20)10-29-12-24-21-19(22(29)30)27(2)11-23-21/h4-7,11-12,15-16,18H,3,8-10H2,1-2H3/t15-,16+,18?. The molecule has 3 aromatic heterocycles. The highest BCUT2D eigenvalue weighted by atomic mass is 16.5. The van der Waals surface area contributed by atoms with Crippen LogP contribution in [0.15, 0.2) is 46.2 Å². The molecule has 1 aliphatic heterocycles. The van der Waals surface area contributed by atoms with Gasteiger partial charge in [-0.2, -0.15) is 4.98 Å². The van der Waals surface area contributed by atoms with Crippen molar-refractivity contribution in [3.05, 3.63) is 64.6 Å². The third-order valence-corrected chi connectivity index (χ3v) is 6.67. The third-order valence-electron chi connectivity index (χ3n) is 6.67. The predicted molar refractivity (Wildman–Crippen MR) is 114 cm³/mol. The summed E-state index contributed by atoms with van der Waals surface area (Å²) < 4.78 is 8.63. The molecular formula is C22H23N7O2. The van der Waals surface area contributed by atoms with Crippen LogP contribution in [-0.4, -0.2) is 42.3 Å². The second-order valence-electron chi connectivity index (χ2n) is 8.53. The number of imidazole rings is 1. The Bertz CT molecular complexity index is 1330. The fourth-order valence-electron chi connectivity index (χ4n) is 4.89. The Hall–Kier alpha value is -3.49. The minimum Gasteiger partial charge on any atom is -0.371 e. The van der Waals surface area contributed by atoms with E-state index in [-0.39, 0.29) is 12.1 Å². The maximum atomic E-state index is 12.7. The SMILES string of the molecule is CCc1cccc(N2C[C@@H]3C(c4noc(Cn5cnc6ncn(C)c6c5=O)n4)[C@@H]3C2)c1. The molecule has 0 bridgehead atoms. The summed E-state index contributed by atoms with van der Waals surface area (Å²) in [5.41, 5.74) is 3.40. The van der Waals surface area contributed by atoms with Crippen molar-refractivity contribution in [2.24, 2.45) is 18.9 Å². The lowest BCUT2D eigenvalue weighted by Crippen LogP contribution is -2.24. The molecule has 0 radical (unpaired) electrons. The van der Waals surface area contributed by atoms with Gasteiger partial charge >= 0.3 is 0 Å². The summed E-state index contributed by atoms with van der Waals surface area (Å²) in [6, 6.07) is 8.80. The minimum absolute atomic E-state index is 0.169. The van der Waals surface area contributed by atoms with Crippen molar-refractivity contribution in [1.29, 1.82) is 0 Å². The Morgan fingerprint density at radius 3 is 2.77 bits per heavy atom. The molecule has 4 heterocycles. The average Bonchev–Trinajstić information content (AvgIpc) is 3.21. The van der Waals surface area contributed by atoms with E-state index in [1.54, 1.807) is 17.9 Å².